The first-order valence-corrected chi connectivity index (χ1v) is 6.57. The van der Waals surface area contributed by atoms with Gasteiger partial charge in [0.15, 0.2) is 0 Å². The van der Waals surface area contributed by atoms with Gasteiger partial charge in [0.25, 0.3) is 0 Å². The number of furan rings is 1. The van der Waals surface area contributed by atoms with Crippen LogP contribution in [0.2, 0.25) is 0 Å². The summed E-state index contributed by atoms with van der Waals surface area (Å²) in [6.07, 6.45) is 1.77. The van der Waals surface area contributed by atoms with Gasteiger partial charge in [-0.25, -0.2) is 4.79 Å². The Morgan fingerprint density at radius 3 is 2.52 bits per heavy atom. The van der Waals surface area contributed by atoms with E-state index in [2.05, 4.69) is 5.32 Å². The number of carbonyl (C=O) groups excluding carboxylic acids is 2. The molecular weight excluding hydrogens is 270 g/mol. The zero-order valence-corrected chi connectivity index (χ0v) is 11.5. The first kappa shape index (κ1) is 14.6. The monoisotopic (exact) mass is 287 g/mol. The van der Waals surface area contributed by atoms with Crippen LogP contribution in [0.1, 0.15) is 12.2 Å². The number of nitrogens with two attached hydrogens (primary N) is 1. The van der Waals surface area contributed by atoms with E-state index in [4.69, 9.17) is 10.2 Å². The number of para-hydroxylation sites is 1. The van der Waals surface area contributed by atoms with Crippen molar-refractivity contribution in [3.8, 4) is 0 Å². The maximum atomic E-state index is 11.5. The molecule has 0 spiro atoms. The Kier molecular flexibility index (Phi) is 4.98. The lowest BCUT2D eigenvalue weighted by atomic mass is 10.2. The first-order chi connectivity index (χ1) is 10.1. The number of anilines is 1. The van der Waals surface area contributed by atoms with E-state index in [9.17, 15) is 9.59 Å². The summed E-state index contributed by atoms with van der Waals surface area (Å²) in [6.45, 7) is 0.991. The summed E-state index contributed by atoms with van der Waals surface area (Å²) in [6, 6.07) is 12.5. The van der Waals surface area contributed by atoms with Gasteiger partial charge in [0.1, 0.15) is 5.76 Å². The quantitative estimate of drug-likeness (QED) is 0.849. The second-order valence-electron chi connectivity index (χ2n) is 4.50. The van der Waals surface area contributed by atoms with Crippen molar-refractivity contribution in [2.45, 2.75) is 13.0 Å². The van der Waals surface area contributed by atoms with Crippen LogP contribution >= 0.6 is 0 Å². The Morgan fingerprint density at radius 1 is 1.14 bits per heavy atom. The van der Waals surface area contributed by atoms with Crippen molar-refractivity contribution in [1.29, 1.82) is 0 Å². The van der Waals surface area contributed by atoms with Crippen molar-refractivity contribution in [3.05, 3.63) is 54.5 Å². The van der Waals surface area contributed by atoms with Crippen LogP contribution in [0.5, 0.6) is 0 Å². The lowest BCUT2D eigenvalue weighted by Gasteiger charge is -2.23. The molecule has 3 amide bonds. The molecule has 0 unspecified atom stereocenters. The fourth-order valence-electron chi connectivity index (χ4n) is 1.97. The summed E-state index contributed by atoms with van der Waals surface area (Å²) >= 11 is 0. The van der Waals surface area contributed by atoms with Crippen LogP contribution in [0.4, 0.5) is 10.5 Å². The fourth-order valence-corrected chi connectivity index (χ4v) is 1.97. The number of primary amides is 1. The average molecular weight is 287 g/mol. The van der Waals surface area contributed by atoms with Gasteiger partial charge in [0.2, 0.25) is 5.91 Å². The largest absolute Gasteiger partial charge is 0.467 e. The number of carbonyl (C=O) groups is 2. The van der Waals surface area contributed by atoms with E-state index < -0.39 is 11.9 Å². The zero-order valence-electron chi connectivity index (χ0n) is 11.5. The second-order valence-corrected chi connectivity index (χ2v) is 4.50. The maximum Gasteiger partial charge on any atom is 0.318 e. The van der Waals surface area contributed by atoms with Crippen LogP contribution in [0.25, 0.3) is 0 Å². The predicted octanol–water partition coefficient (Wildman–Crippen LogP) is 1.87. The lowest BCUT2D eigenvalue weighted by molar-refractivity contribution is -0.119. The molecule has 2 rings (SSSR count). The van der Waals surface area contributed by atoms with E-state index in [0.29, 0.717) is 13.1 Å². The van der Waals surface area contributed by atoms with Crippen LogP contribution in [0.3, 0.4) is 0 Å². The Balaban J connectivity index is 2.02. The first-order valence-electron chi connectivity index (χ1n) is 6.57. The highest BCUT2D eigenvalue weighted by molar-refractivity contribution is 5.93. The van der Waals surface area contributed by atoms with Crippen molar-refractivity contribution >= 4 is 17.6 Å². The molecule has 0 aliphatic carbocycles. The highest BCUT2D eigenvalue weighted by atomic mass is 16.3. The number of rotatable bonds is 6. The van der Waals surface area contributed by atoms with E-state index in [1.165, 1.54) is 0 Å². The summed E-state index contributed by atoms with van der Waals surface area (Å²) in [5.74, 6) is 0.400. The van der Waals surface area contributed by atoms with Crippen LogP contribution < -0.4 is 16.0 Å². The molecule has 1 aromatic carbocycles. The van der Waals surface area contributed by atoms with Gasteiger partial charge < -0.3 is 15.1 Å². The molecule has 6 nitrogen and oxygen atoms in total. The van der Waals surface area contributed by atoms with E-state index >= 15 is 0 Å². The van der Waals surface area contributed by atoms with Gasteiger partial charge in [0.05, 0.1) is 12.8 Å². The Labute approximate surface area is 122 Å². The molecule has 1 heterocycles. The minimum Gasteiger partial charge on any atom is -0.467 e. The second kappa shape index (κ2) is 7.14. The van der Waals surface area contributed by atoms with Gasteiger partial charge in [-0.1, -0.05) is 18.2 Å². The maximum absolute atomic E-state index is 11.5. The zero-order chi connectivity index (χ0) is 15.1. The molecule has 0 saturated carbocycles. The van der Waals surface area contributed by atoms with Gasteiger partial charge in [-0.05, 0) is 24.3 Å². The third kappa shape index (κ3) is 4.68. The molecule has 0 radical (unpaired) electrons. The van der Waals surface area contributed by atoms with Crippen LogP contribution in [0.15, 0.2) is 53.1 Å². The minimum atomic E-state index is -0.836. The van der Waals surface area contributed by atoms with Crippen molar-refractivity contribution in [2.24, 2.45) is 5.73 Å². The van der Waals surface area contributed by atoms with Gasteiger partial charge >= 0.3 is 6.03 Å². The Bertz CT molecular complexity index is 581. The van der Waals surface area contributed by atoms with Gasteiger partial charge in [-0.3, -0.25) is 10.1 Å². The summed E-state index contributed by atoms with van der Waals surface area (Å²) in [5.41, 5.74) is 5.89. The summed E-state index contributed by atoms with van der Waals surface area (Å²) in [4.78, 5) is 24.2. The number of hydrogen-bond acceptors (Lipinski definition) is 4. The molecule has 2 aromatic rings. The molecular formula is C15H17N3O3. The number of nitrogens with zero attached hydrogens (tertiary/aromatic N) is 1. The number of urea groups is 1. The van der Waals surface area contributed by atoms with Crippen LogP contribution in [0, 0.1) is 0 Å². The molecule has 0 aliphatic rings. The molecule has 0 aliphatic heterocycles. The third-order valence-corrected chi connectivity index (χ3v) is 2.92. The van der Waals surface area contributed by atoms with Crippen molar-refractivity contribution in [3.63, 3.8) is 0 Å². The molecule has 0 bridgehead atoms. The molecule has 21 heavy (non-hydrogen) atoms. The number of amides is 3. The van der Waals surface area contributed by atoms with Gasteiger partial charge in [0, 0.05) is 18.7 Å². The predicted molar refractivity (Wildman–Crippen MR) is 78.5 cm³/mol. The van der Waals surface area contributed by atoms with E-state index in [0.717, 1.165) is 11.4 Å². The van der Waals surface area contributed by atoms with E-state index in [1.54, 1.807) is 6.26 Å². The van der Waals surface area contributed by atoms with Crippen molar-refractivity contribution in [1.82, 2.24) is 5.32 Å². The minimum absolute atomic E-state index is 0.165. The number of hydrogen-bond donors (Lipinski definition) is 2. The molecule has 110 valence electrons. The molecule has 6 heteroatoms. The molecule has 3 N–H and O–H groups in total. The number of benzene rings is 1. The average Bonchev–Trinajstić information content (AvgIpc) is 2.96. The van der Waals surface area contributed by atoms with E-state index in [1.807, 2.05) is 47.4 Å². The Morgan fingerprint density at radius 2 is 1.90 bits per heavy atom. The summed E-state index contributed by atoms with van der Waals surface area (Å²) in [5, 5.41) is 2.06. The molecule has 0 atom stereocenters. The fraction of sp³-hybridized carbons (Fsp3) is 0.200. The number of nitrogens with one attached hydrogen (secondary N) is 1. The number of imide groups is 1. The van der Waals surface area contributed by atoms with Gasteiger partial charge in [-0.15, -0.1) is 0 Å². The van der Waals surface area contributed by atoms with Gasteiger partial charge in [-0.2, -0.15) is 0 Å². The normalized spacial score (nSPS) is 10.1. The summed E-state index contributed by atoms with van der Waals surface area (Å²) < 4.78 is 5.34. The van der Waals surface area contributed by atoms with Crippen molar-refractivity contribution in [2.75, 3.05) is 11.4 Å². The SMILES string of the molecule is NC(=O)NC(=O)CCN(Cc1ccco1)c1ccccc1. The van der Waals surface area contributed by atoms with Crippen LogP contribution in [-0.4, -0.2) is 18.5 Å². The Hall–Kier alpha value is -2.76. The standard InChI is InChI=1S/C15H17N3O3/c16-15(20)17-14(19)8-9-18(11-13-7-4-10-21-13)12-5-2-1-3-6-12/h1-7,10H,8-9,11H2,(H3,16,17,19,20). The lowest BCUT2D eigenvalue weighted by Crippen LogP contribution is -2.37. The van der Waals surface area contributed by atoms with E-state index in [-0.39, 0.29) is 6.42 Å². The molecule has 0 fully saturated rings. The van der Waals surface area contributed by atoms with Crippen LogP contribution in [-0.2, 0) is 11.3 Å². The molecule has 0 saturated heterocycles. The molecule has 1 aromatic heterocycles. The highest BCUT2D eigenvalue weighted by Gasteiger charge is 2.12. The highest BCUT2D eigenvalue weighted by Crippen LogP contribution is 2.17. The smallest absolute Gasteiger partial charge is 0.318 e. The topological polar surface area (TPSA) is 88.6 Å². The summed E-state index contributed by atoms with van der Waals surface area (Å²) in [7, 11) is 0. The third-order valence-electron chi connectivity index (χ3n) is 2.92. The van der Waals surface area contributed by atoms with Crippen molar-refractivity contribution < 1.29 is 14.0 Å².